The fourth-order valence-electron chi connectivity index (χ4n) is 4.36. The second-order valence-corrected chi connectivity index (χ2v) is 8.65. The lowest BCUT2D eigenvalue weighted by Gasteiger charge is -2.26. The van der Waals surface area contributed by atoms with E-state index in [9.17, 15) is 9.59 Å². The molecule has 8 nitrogen and oxygen atoms in total. The Morgan fingerprint density at radius 3 is 2.19 bits per heavy atom. The molecule has 0 amide bonds. The molecule has 3 N–H and O–H groups in total. The van der Waals surface area contributed by atoms with E-state index in [4.69, 9.17) is 15.7 Å². The first-order chi connectivity index (χ1) is 17.5. The fourth-order valence-corrected chi connectivity index (χ4v) is 4.36. The first-order valence-corrected chi connectivity index (χ1v) is 11.7. The Labute approximate surface area is 207 Å². The Morgan fingerprint density at radius 2 is 1.47 bits per heavy atom. The van der Waals surface area contributed by atoms with Crippen LogP contribution < -0.4 is 21.9 Å². The number of fused-ring (bicyclic) bond motifs is 1. The van der Waals surface area contributed by atoms with E-state index in [0.717, 1.165) is 27.7 Å². The van der Waals surface area contributed by atoms with Crippen LogP contribution in [0.15, 0.2) is 94.5 Å². The van der Waals surface area contributed by atoms with Crippen molar-refractivity contribution in [2.45, 2.75) is 26.6 Å². The second kappa shape index (κ2) is 9.87. The predicted octanol–water partition coefficient (Wildman–Crippen LogP) is 3.63. The SMILES string of the molecule is Cc1nc(CN(Cc2ccccc2)c2c(N)n(Cc3ccccc3)c(=O)[nH]c2=O)nc2ccccc12. The van der Waals surface area contributed by atoms with Crippen LogP contribution in [0.5, 0.6) is 0 Å². The quantitative estimate of drug-likeness (QED) is 0.370. The second-order valence-electron chi connectivity index (χ2n) is 8.65. The van der Waals surface area contributed by atoms with E-state index in [2.05, 4.69) is 4.98 Å². The summed E-state index contributed by atoms with van der Waals surface area (Å²) in [6, 6.07) is 27.1. The first-order valence-electron chi connectivity index (χ1n) is 11.7. The van der Waals surface area contributed by atoms with E-state index < -0.39 is 11.2 Å². The van der Waals surface area contributed by atoms with Crippen molar-refractivity contribution in [2.24, 2.45) is 0 Å². The Bertz CT molecular complexity index is 1630. The third-order valence-corrected chi connectivity index (χ3v) is 6.10. The zero-order valence-electron chi connectivity index (χ0n) is 19.9. The molecule has 0 aliphatic heterocycles. The van der Waals surface area contributed by atoms with Crippen LogP contribution in [0.4, 0.5) is 11.5 Å². The van der Waals surface area contributed by atoms with Crippen LogP contribution in [0.3, 0.4) is 0 Å². The summed E-state index contributed by atoms with van der Waals surface area (Å²) in [5, 5.41) is 0.977. The van der Waals surface area contributed by atoms with Crippen molar-refractivity contribution in [1.82, 2.24) is 19.5 Å². The van der Waals surface area contributed by atoms with Crippen molar-refractivity contribution < 1.29 is 0 Å². The van der Waals surface area contributed by atoms with Gasteiger partial charge in [-0.1, -0.05) is 78.9 Å². The van der Waals surface area contributed by atoms with Crippen molar-refractivity contribution in [1.29, 1.82) is 0 Å². The lowest BCUT2D eigenvalue weighted by molar-refractivity contribution is 0.703. The van der Waals surface area contributed by atoms with Crippen molar-refractivity contribution in [3.8, 4) is 0 Å². The highest BCUT2D eigenvalue weighted by molar-refractivity contribution is 5.80. The third-order valence-electron chi connectivity index (χ3n) is 6.10. The van der Waals surface area contributed by atoms with Crippen LogP contribution in [0, 0.1) is 6.92 Å². The van der Waals surface area contributed by atoms with Gasteiger partial charge in [-0.15, -0.1) is 0 Å². The van der Waals surface area contributed by atoms with E-state index in [1.807, 2.05) is 96.8 Å². The number of para-hydroxylation sites is 1. The lowest BCUT2D eigenvalue weighted by atomic mass is 10.2. The van der Waals surface area contributed by atoms with Crippen LogP contribution in [0.1, 0.15) is 22.6 Å². The molecule has 5 aromatic rings. The minimum atomic E-state index is -0.553. The number of nitrogen functional groups attached to an aromatic ring is 1. The number of nitrogens with one attached hydrogen (secondary N) is 1. The van der Waals surface area contributed by atoms with Gasteiger partial charge in [0, 0.05) is 17.6 Å². The van der Waals surface area contributed by atoms with Crippen molar-refractivity contribution in [3.05, 3.63) is 128 Å². The molecule has 0 unspecified atom stereocenters. The average molecular weight is 479 g/mol. The largest absolute Gasteiger partial charge is 0.383 e. The van der Waals surface area contributed by atoms with Gasteiger partial charge in [0.05, 0.1) is 18.6 Å². The van der Waals surface area contributed by atoms with E-state index in [0.29, 0.717) is 12.4 Å². The number of aromatic nitrogens is 4. The van der Waals surface area contributed by atoms with Gasteiger partial charge < -0.3 is 10.6 Å². The summed E-state index contributed by atoms with van der Waals surface area (Å²) in [6.45, 7) is 2.79. The molecular weight excluding hydrogens is 452 g/mol. The monoisotopic (exact) mass is 478 g/mol. The van der Waals surface area contributed by atoms with Crippen LogP contribution in [0.2, 0.25) is 0 Å². The number of H-pyrrole nitrogens is 1. The normalized spacial score (nSPS) is 11.0. The highest BCUT2D eigenvalue weighted by Crippen LogP contribution is 2.23. The number of aromatic amines is 1. The van der Waals surface area contributed by atoms with Crippen molar-refractivity contribution >= 4 is 22.4 Å². The van der Waals surface area contributed by atoms with Crippen molar-refractivity contribution in [2.75, 3.05) is 10.6 Å². The Hall–Kier alpha value is -4.72. The summed E-state index contributed by atoms with van der Waals surface area (Å²) in [5.41, 5.74) is 9.19. The molecule has 0 saturated heterocycles. The number of rotatable bonds is 7. The van der Waals surface area contributed by atoms with Gasteiger partial charge in [-0.2, -0.15) is 0 Å². The zero-order chi connectivity index (χ0) is 25.1. The lowest BCUT2D eigenvalue weighted by Crippen LogP contribution is -2.38. The standard InChI is InChI=1S/C28H26N6O2/c1-19-22-14-8-9-15-23(22)31-24(30-19)18-33(16-20-10-4-2-5-11-20)25-26(29)34(28(36)32-27(25)35)17-21-12-6-3-7-13-21/h2-15H,16-18,29H2,1H3,(H,32,35,36). The summed E-state index contributed by atoms with van der Waals surface area (Å²) < 4.78 is 1.39. The number of hydrogen-bond acceptors (Lipinski definition) is 6. The molecular formula is C28H26N6O2. The highest BCUT2D eigenvalue weighted by Gasteiger charge is 2.21. The molecule has 5 rings (SSSR count). The molecule has 0 fully saturated rings. The van der Waals surface area contributed by atoms with Gasteiger partial charge in [0.25, 0.3) is 5.56 Å². The molecule has 180 valence electrons. The van der Waals surface area contributed by atoms with Gasteiger partial charge in [-0.3, -0.25) is 14.3 Å². The molecule has 0 aliphatic rings. The molecule has 3 aromatic carbocycles. The number of nitrogens with two attached hydrogens (primary N) is 1. The summed E-state index contributed by atoms with van der Waals surface area (Å²) in [7, 11) is 0. The van der Waals surface area contributed by atoms with E-state index in [1.54, 1.807) is 0 Å². The van der Waals surface area contributed by atoms with Gasteiger partial charge in [0.1, 0.15) is 17.3 Å². The molecule has 0 aliphatic carbocycles. The van der Waals surface area contributed by atoms with Crippen LogP contribution >= 0.6 is 0 Å². The Balaban J connectivity index is 1.61. The summed E-state index contributed by atoms with van der Waals surface area (Å²) in [4.78, 5) is 39.6. The van der Waals surface area contributed by atoms with Gasteiger partial charge in [0.15, 0.2) is 0 Å². The molecule has 2 aromatic heterocycles. The molecule has 0 bridgehead atoms. The first kappa shape index (κ1) is 23.0. The van der Waals surface area contributed by atoms with E-state index in [1.165, 1.54) is 4.57 Å². The fraction of sp³-hybridized carbons (Fsp3) is 0.143. The highest BCUT2D eigenvalue weighted by atomic mass is 16.2. The molecule has 36 heavy (non-hydrogen) atoms. The molecule has 0 spiro atoms. The summed E-state index contributed by atoms with van der Waals surface area (Å²) in [5.74, 6) is 0.655. The topological polar surface area (TPSA) is 110 Å². The third kappa shape index (κ3) is 4.74. The van der Waals surface area contributed by atoms with E-state index >= 15 is 0 Å². The minimum Gasteiger partial charge on any atom is -0.383 e. The number of aryl methyl sites for hydroxylation is 1. The van der Waals surface area contributed by atoms with Crippen LogP contribution in [0.25, 0.3) is 10.9 Å². The molecule has 2 heterocycles. The van der Waals surface area contributed by atoms with Crippen LogP contribution in [-0.2, 0) is 19.6 Å². The number of hydrogen-bond donors (Lipinski definition) is 2. The molecule has 0 saturated carbocycles. The van der Waals surface area contributed by atoms with Gasteiger partial charge in [0.2, 0.25) is 0 Å². The van der Waals surface area contributed by atoms with E-state index in [-0.39, 0.29) is 24.6 Å². The molecule has 0 radical (unpaired) electrons. The maximum Gasteiger partial charge on any atom is 0.330 e. The summed E-state index contributed by atoms with van der Waals surface area (Å²) >= 11 is 0. The maximum absolute atomic E-state index is 13.1. The number of benzene rings is 3. The molecule has 0 atom stereocenters. The Kier molecular flexibility index (Phi) is 6.32. The summed E-state index contributed by atoms with van der Waals surface area (Å²) in [6.07, 6.45) is 0. The molecule has 8 heteroatoms. The van der Waals surface area contributed by atoms with Gasteiger partial charge >= 0.3 is 5.69 Å². The number of anilines is 2. The van der Waals surface area contributed by atoms with Crippen LogP contribution in [-0.4, -0.2) is 19.5 Å². The average Bonchev–Trinajstić information content (AvgIpc) is 2.88. The Morgan fingerprint density at radius 1 is 0.833 bits per heavy atom. The van der Waals surface area contributed by atoms with Crippen molar-refractivity contribution in [3.63, 3.8) is 0 Å². The minimum absolute atomic E-state index is 0.0982. The zero-order valence-corrected chi connectivity index (χ0v) is 19.9. The number of nitrogens with zero attached hydrogens (tertiary/aromatic N) is 4. The van der Waals surface area contributed by atoms with Gasteiger partial charge in [-0.05, 0) is 24.1 Å². The smallest absolute Gasteiger partial charge is 0.330 e. The predicted molar refractivity (Wildman–Crippen MR) is 142 cm³/mol. The van der Waals surface area contributed by atoms with Gasteiger partial charge in [-0.25, -0.2) is 14.8 Å². The maximum atomic E-state index is 13.1.